The van der Waals surface area contributed by atoms with Gasteiger partial charge in [0, 0.05) is 0 Å². The Bertz CT molecular complexity index is 1650. The van der Waals surface area contributed by atoms with Gasteiger partial charge in [-0.15, -0.1) is 0 Å². The number of fused-ring (bicyclic) bond motifs is 3. The summed E-state index contributed by atoms with van der Waals surface area (Å²) in [4.78, 5) is 0. The van der Waals surface area contributed by atoms with E-state index >= 15 is 0 Å². The average molecular weight is 721 g/mol. The van der Waals surface area contributed by atoms with Crippen LogP contribution in [0.4, 0.5) is 0 Å². The Kier molecular flexibility index (Phi) is 11.7. The molecule has 0 saturated heterocycles. The standard InChI is InChI=1S/C21H25.C13H21.C8H8.2ClH.Zr/c1-20(2,3)16-7-9-18-14(12-16)11-15-13-17(21(4,5)6)8-10-19(15)18;1-6-10-8-11(7-2)12(9-10)13(3,4)5;1-2-8-6-4-3-5-7-8;;;/h7-10,12H,11H2,1-6H3;9-10H,6-7H2,1-5H3;3-7H,1H3;2*1H;/q;;;;;+2/p-2. The fourth-order valence-corrected chi connectivity index (χ4v) is 17.4. The Balaban J connectivity index is 0.00000276. The van der Waals surface area contributed by atoms with Gasteiger partial charge in [-0.2, -0.15) is 0 Å². The van der Waals surface area contributed by atoms with Crippen LogP contribution in [0.3, 0.4) is 0 Å². The summed E-state index contributed by atoms with van der Waals surface area (Å²) in [5.41, 5.74) is 14.3. The minimum Gasteiger partial charge on any atom is -1.00 e. The largest absolute Gasteiger partial charge is 1.00 e. The Hall–Kier alpha value is -1.53. The van der Waals surface area contributed by atoms with Gasteiger partial charge < -0.3 is 24.8 Å². The summed E-state index contributed by atoms with van der Waals surface area (Å²) in [6, 6.07) is 23.7. The van der Waals surface area contributed by atoms with E-state index in [4.69, 9.17) is 0 Å². The van der Waals surface area contributed by atoms with Gasteiger partial charge in [0.2, 0.25) is 0 Å². The second-order valence-electron chi connectivity index (χ2n) is 16.0. The van der Waals surface area contributed by atoms with Crippen molar-refractivity contribution in [2.75, 3.05) is 0 Å². The van der Waals surface area contributed by atoms with E-state index < -0.39 is 21.3 Å². The molecule has 1 unspecified atom stereocenters. The fourth-order valence-electron chi connectivity index (χ4n) is 7.51. The Morgan fingerprint density at radius 3 is 1.91 bits per heavy atom. The zero-order valence-electron chi connectivity index (χ0n) is 29.8. The molecule has 0 N–H and O–H groups in total. The molecule has 45 heavy (non-hydrogen) atoms. The van der Waals surface area contributed by atoms with Crippen LogP contribution in [0.25, 0.3) is 11.1 Å². The first-order valence-corrected chi connectivity index (χ1v) is 20.3. The third-order valence-electron chi connectivity index (χ3n) is 9.84. The third kappa shape index (κ3) is 7.17. The van der Waals surface area contributed by atoms with E-state index in [-0.39, 0.29) is 41.1 Å². The van der Waals surface area contributed by atoms with E-state index in [0.717, 1.165) is 12.8 Å². The molecular formula is C42H54Cl2Zr. The van der Waals surface area contributed by atoms with E-state index in [1.807, 2.05) is 3.28 Å². The van der Waals surface area contributed by atoms with E-state index in [1.165, 1.54) is 34.2 Å². The van der Waals surface area contributed by atoms with E-state index in [9.17, 15) is 0 Å². The number of hydrogen-bond donors (Lipinski definition) is 0. The van der Waals surface area contributed by atoms with Gasteiger partial charge in [-0.1, -0.05) is 0 Å². The molecule has 0 amide bonds. The van der Waals surface area contributed by atoms with Crippen molar-refractivity contribution in [1.82, 2.24) is 0 Å². The topological polar surface area (TPSA) is 0 Å². The van der Waals surface area contributed by atoms with Gasteiger partial charge in [-0.05, 0) is 0 Å². The SMILES string of the molecule is CCC1=[C](/[Zr+2](=[C](\C)c2ccccc2)[c]2c(C(C)(C)C)ccc3c2Cc2cc(C(C)(C)C)ccc2-3)C(CC)C=C1C(C)(C)C.[Cl-].[Cl-]. The molecule has 0 aliphatic heterocycles. The predicted molar refractivity (Wildman–Crippen MR) is 187 cm³/mol. The maximum Gasteiger partial charge on any atom is -1.00 e. The van der Waals surface area contributed by atoms with Crippen LogP contribution >= 0.6 is 0 Å². The summed E-state index contributed by atoms with van der Waals surface area (Å²) in [7, 11) is 0. The zero-order valence-corrected chi connectivity index (χ0v) is 33.8. The van der Waals surface area contributed by atoms with Crippen molar-refractivity contribution in [2.45, 2.75) is 113 Å². The van der Waals surface area contributed by atoms with Crippen LogP contribution in [0.5, 0.6) is 0 Å². The van der Waals surface area contributed by atoms with Gasteiger partial charge in [-0.3, -0.25) is 0 Å². The van der Waals surface area contributed by atoms with Crippen molar-refractivity contribution in [3.05, 3.63) is 109 Å². The molecule has 0 spiro atoms. The van der Waals surface area contributed by atoms with Crippen LogP contribution in [-0.4, -0.2) is 3.21 Å². The molecule has 2 aliphatic rings. The Morgan fingerprint density at radius 1 is 0.756 bits per heavy atom. The number of allylic oxidation sites excluding steroid dienone is 4. The fraction of sp³-hybridized carbons (Fsp3) is 0.452. The van der Waals surface area contributed by atoms with Crippen LogP contribution < -0.4 is 28.1 Å². The van der Waals surface area contributed by atoms with Crippen molar-refractivity contribution in [3.63, 3.8) is 0 Å². The molecule has 3 heteroatoms. The first-order chi connectivity index (χ1) is 20.1. The summed E-state index contributed by atoms with van der Waals surface area (Å²) in [6.45, 7) is 29.0. The van der Waals surface area contributed by atoms with Crippen LogP contribution in [0.1, 0.15) is 124 Å². The predicted octanol–water partition coefficient (Wildman–Crippen LogP) is 5.02. The van der Waals surface area contributed by atoms with Crippen LogP contribution in [0.2, 0.25) is 0 Å². The number of halogens is 2. The summed E-state index contributed by atoms with van der Waals surface area (Å²) < 4.78 is 5.30. The zero-order chi connectivity index (χ0) is 31.5. The van der Waals surface area contributed by atoms with Crippen LogP contribution in [-0.2, 0) is 38.5 Å². The molecule has 240 valence electrons. The van der Waals surface area contributed by atoms with Crippen molar-refractivity contribution in [3.8, 4) is 11.1 Å². The first-order valence-electron chi connectivity index (χ1n) is 16.6. The maximum absolute atomic E-state index is 2.71. The Labute approximate surface area is 295 Å². The molecule has 1 atom stereocenters. The number of hydrogen-bond acceptors (Lipinski definition) is 0. The van der Waals surface area contributed by atoms with E-state index in [1.54, 1.807) is 28.8 Å². The molecule has 3 aromatic carbocycles. The van der Waals surface area contributed by atoms with Crippen LogP contribution in [0.15, 0.2) is 81.2 Å². The quantitative estimate of drug-likeness (QED) is 0.272. The molecule has 0 heterocycles. The van der Waals surface area contributed by atoms with Crippen LogP contribution in [0, 0.1) is 11.3 Å². The molecule has 5 rings (SSSR count). The van der Waals surface area contributed by atoms with Gasteiger partial charge in [0.15, 0.2) is 0 Å². The molecule has 0 nitrogen and oxygen atoms in total. The minimum absolute atomic E-state index is 0. The van der Waals surface area contributed by atoms with Gasteiger partial charge in [0.25, 0.3) is 0 Å². The summed E-state index contributed by atoms with van der Waals surface area (Å²) >= 11 is -2.71. The second-order valence-corrected chi connectivity index (χ2v) is 22.3. The molecular weight excluding hydrogens is 667 g/mol. The molecule has 2 aliphatic carbocycles. The van der Waals surface area contributed by atoms with Crippen molar-refractivity contribution in [1.29, 1.82) is 0 Å². The first kappa shape index (κ1) is 37.9. The maximum atomic E-state index is 2.69. The molecule has 0 radical (unpaired) electrons. The number of benzene rings is 3. The molecule has 0 fully saturated rings. The van der Waals surface area contributed by atoms with Crippen molar-refractivity contribution >= 4 is 6.48 Å². The summed E-state index contributed by atoms with van der Waals surface area (Å²) in [6.07, 6.45) is 6.05. The van der Waals surface area contributed by atoms with E-state index in [2.05, 4.69) is 150 Å². The van der Waals surface area contributed by atoms with Gasteiger partial charge in [0.05, 0.1) is 0 Å². The smallest absolute Gasteiger partial charge is 1.00 e. The van der Waals surface area contributed by atoms with Crippen molar-refractivity contribution < 1.29 is 46.1 Å². The average Bonchev–Trinajstić information content (AvgIpc) is 3.50. The third-order valence-corrected chi connectivity index (χ3v) is 18.0. The summed E-state index contributed by atoms with van der Waals surface area (Å²) in [5, 5.41) is 0. The van der Waals surface area contributed by atoms with E-state index in [0.29, 0.717) is 5.92 Å². The molecule has 0 saturated carbocycles. The summed E-state index contributed by atoms with van der Waals surface area (Å²) in [5.74, 6) is 0.539. The van der Waals surface area contributed by atoms with Gasteiger partial charge >= 0.3 is 272 Å². The van der Waals surface area contributed by atoms with Gasteiger partial charge in [-0.25, -0.2) is 0 Å². The second kappa shape index (κ2) is 13.9. The molecule has 0 bridgehead atoms. The Morgan fingerprint density at radius 2 is 1.38 bits per heavy atom. The minimum atomic E-state index is -2.71. The van der Waals surface area contributed by atoms with Crippen molar-refractivity contribution in [2.24, 2.45) is 11.3 Å². The monoisotopic (exact) mass is 718 g/mol. The normalized spacial score (nSPS) is 16.4. The number of rotatable bonds is 5. The van der Waals surface area contributed by atoms with Gasteiger partial charge in [0.1, 0.15) is 0 Å². The molecule has 0 aromatic heterocycles. The molecule has 3 aromatic rings.